The molecule has 0 aromatic heterocycles. The van der Waals surface area contributed by atoms with Crippen LogP contribution in [0.2, 0.25) is 0 Å². The van der Waals surface area contributed by atoms with Gasteiger partial charge in [0.1, 0.15) is 0 Å². The fourth-order valence-electron chi connectivity index (χ4n) is 2.77. The van der Waals surface area contributed by atoms with E-state index in [0.29, 0.717) is 12.5 Å². The van der Waals surface area contributed by atoms with E-state index in [2.05, 4.69) is 49.4 Å². The quantitative estimate of drug-likeness (QED) is 0.811. The molecule has 1 heteroatoms. The van der Waals surface area contributed by atoms with Crippen LogP contribution in [-0.4, -0.2) is 11.7 Å². The number of hydrogen-bond donors (Lipinski definition) is 1. The van der Waals surface area contributed by atoms with Crippen molar-refractivity contribution in [2.24, 2.45) is 5.92 Å². The van der Waals surface area contributed by atoms with E-state index < -0.39 is 0 Å². The molecule has 0 aliphatic heterocycles. The molecule has 0 amide bonds. The van der Waals surface area contributed by atoms with E-state index in [1.54, 1.807) is 0 Å². The van der Waals surface area contributed by atoms with Crippen molar-refractivity contribution >= 4 is 10.8 Å². The van der Waals surface area contributed by atoms with Gasteiger partial charge in [-0.05, 0) is 34.1 Å². The van der Waals surface area contributed by atoms with E-state index in [-0.39, 0.29) is 5.41 Å². The lowest BCUT2D eigenvalue weighted by Crippen LogP contribution is -2.07. The van der Waals surface area contributed by atoms with Crippen LogP contribution in [0, 0.1) is 5.92 Å². The fourth-order valence-corrected chi connectivity index (χ4v) is 2.77. The Morgan fingerprint density at radius 1 is 1.19 bits per heavy atom. The van der Waals surface area contributed by atoms with Crippen molar-refractivity contribution in [2.75, 3.05) is 6.61 Å². The van der Waals surface area contributed by atoms with Crippen LogP contribution < -0.4 is 0 Å². The molecule has 2 aromatic rings. The first-order chi connectivity index (χ1) is 7.75. The minimum Gasteiger partial charge on any atom is -0.396 e. The summed E-state index contributed by atoms with van der Waals surface area (Å²) in [6.45, 7) is 2.56. The summed E-state index contributed by atoms with van der Waals surface area (Å²) in [5.74, 6) is 0.443. The van der Waals surface area contributed by atoms with Crippen LogP contribution in [0.25, 0.3) is 10.8 Å². The third kappa shape index (κ3) is 1.28. The summed E-state index contributed by atoms with van der Waals surface area (Å²) < 4.78 is 0. The molecule has 1 aliphatic carbocycles. The molecule has 0 saturated heterocycles. The van der Waals surface area contributed by atoms with Crippen molar-refractivity contribution in [3.05, 3.63) is 48.0 Å². The molecular weight excluding hydrogens is 196 g/mol. The topological polar surface area (TPSA) is 20.2 Å². The maximum Gasteiger partial charge on any atom is 0.0468 e. The van der Waals surface area contributed by atoms with Gasteiger partial charge in [-0.1, -0.05) is 49.4 Å². The van der Waals surface area contributed by atoms with Crippen LogP contribution in [0.5, 0.6) is 0 Å². The van der Waals surface area contributed by atoms with Crippen LogP contribution >= 0.6 is 0 Å². The standard InChI is InChI=1S/C15H16O/c1-15(9-12(15)10-16)14-8-4-6-11-5-2-3-7-13(11)14/h2-8,12,16H,9-10H2,1H3. The summed E-state index contributed by atoms with van der Waals surface area (Å²) in [5, 5.41) is 11.9. The first-order valence-corrected chi connectivity index (χ1v) is 5.85. The van der Waals surface area contributed by atoms with E-state index in [1.807, 2.05) is 0 Å². The highest BCUT2D eigenvalue weighted by Crippen LogP contribution is 2.55. The Bertz CT molecular complexity index is 526. The first kappa shape index (κ1) is 9.86. The number of fused-ring (bicyclic) bond motifs is 1. The number of benzene rings is 2. The first-order valence-electron chi connectivity index (χ1n) is 5.85. The van der Waals surface area contributed by atoms with Gasteiger partial charge in [-0.25, -0.2) is 0 Å². The Labute approximate surface area is 95.7 Å². The third-order valence-electron chi connectivity index (χ3n) is 4.04. The molecule has 1 saturated carbocycles. The fraction of sp³-hybridized carbons (Fsp3) is 0.333. The van der Waals surface area contributed by atoms with Crippen molar-refractivity contribution < 1.29 is 5.11 Å². The van der Waals surface area contributed by atoms with Gasteiger partial charge >= 0.3 is 0 Å². The van der Waals surface area contributed by atoms with Crippen LogP contribution in [0.1, 0.15) is 18.9 Å². The van der Waals surface area contributed by atoms with E-state index in [4.69, 9.17) is 0 Å². The zero-order chi connectivity index (χ0) is 11.2. The summed E-state index contributed by atoms with van der Waals surface area (Å²) in [6, 6.07) is 15.0. The van der Waals surface area contributed by atoms with Gasteiger partial charge in [0.05, 0.1) is 0 Å². The average Bonchev–Trinajstić information content (AvgIpc) is 3.01. The van der Waals surface area contributed by atoms with Gasteiger partial charge in [0.25, 0.3) is 0 Å². The molecule has 0 spiro atoms. The zero-order valence-corrected chi connectivity index (χ0v) is 9.48. The SMILES string of the molecule is CC1(c2cccc3ccccc23)CC1CO. The predicted octanol–water partition coefficient (Wildman–Crippen LogP) is 3.11. The lowest BCUT2D eigenvalue weighted by molar-refractivity contribution is 0.266. The Morgan fingerprint density at radius 3 is 2.69 bits per heavy atom. The van der Waals surface area contributed by atoms with E-state index in [0.717, 1.165) is 6.42 Å². The van der Waals surface area contributed by atoms with Gasteiger partial charge < -0.3 is 5.11 Å². The highest BCUT2D eigenvalue weighted by molar-refractivity contribution is 5.87. The minimum atomic E-state index is 0.190. The Morgan fingerprint density at radius 2 is 1.94 bits per heavy atom. The van der Waals surface area contributed by atoms with E-state index >= 15 is 0 Å². The molecule has 2 aromatic carbocycles. The van der Waals surface area contributed by atoms with E-state index in [9.17, 15) is 5.11 Å². The average molecular weight is 212 g/mol. The summed E-state index contributed by atoms with van der Waals surface area (Å²) in [4.78, 5) is 0. The second-order valence-corrected chi connectivity index (χ2v) is 5.03. The maximum atomic E-state index is 9.28. The second-order valence-electron chi connectivity index (χ2n) is 5.03. The summed E-state index contributed by atoms with van der Waals surface area (Å²) in [7, 11) is 0. The summed E-state index contributed by atoms with van der Waals surface area (Å²) in [5.41, 5.74) is 1.58. The van der Waals surface area contributed by atoms with Crippen LogP contribution in [0.4, 0.5) is 0 Å². The Hall–Kier alpha value is -1.34. The van der Waals surface area contributed by atoms with Gasteiger partial charge in [-0.3, -0.25) is 0 Å². The van der Waals surface area contributed by atoms with Crippen molar-refractivity contribution in [1.29, 1.82) is 0 Å². The van der Waals surface area contributed by atoms with Gasteiger partial charge in [0, 0.05) is 6.61 Å². The third-order valence-corrected chi connectivity index (χ3v) is 4.04. The number of hydrogen-bond acceptors (Lipinski definition) is 1. The van der Waals surface area contributed by atoms with Gasteiger partial charge in [0.15, 0.2) is 0 Å². The van der Waals surface area contributed by atoms with Crippen molar-refractivity contribution in [1.82, 2.24) is 0 Å². The molecule has 0 heterocycles. The molecule has 82 valence electrons. The number of aliphatic hydroxyl groups is 1. The predicted molar refractivity (Wildman–Crippen MR) is 66.5 cm³/mol. The number of aliphatic hydroxyl groups excluding tert-OH is 1. The van der Waals surface area contributed by atoms with Gasteiger partial charge in [0.2, 0.25) is 0 Å². The maximum absolute atomic E-state index is 9.28. The molecule has 1 fully saturated rings. The molecule has 1 nitrogen and oxygen atoms in total. The van der Waals surface area contributed by atoms with Crippen molar-refractivity contribution in [3.8, 4) is 0 Å². The molecule has 0 radical (unpaired) electrons. The Balaban J connectivity index is 2.18. The lowest BCUT2D eigenvalue weighted by Gasteiger charge is -2.14. The number of rotatable bonds is 2. The normalized spacial score (nSPS) is 28.2. The molecule has 16 heavy (non-hydrogen) atoms. The molecule has 3 rings (SSSR count). The highest BCUT2D eigenvalue weighted by Gasteiger charge is 2.51. The van der Waals surface area contributed by atoms with Crippen molar-refractivity contribution in [3.63, 3.8) is 0 Å². The van der Waals surface area contributed by atoms with Crippen molar-refractivity contribution in [2.45, 2.75) is 18.8 Å². The second kappa shape index (κ2) is 3.33. The Kier molecular flexibility index (Phi) is 2.05. The van der Waals surface area contributed by atoms with Crippen LogP contribution in [0.3, 0.4) is 0 Å². The zero-order valence-electron chi connectivity index (χ0n) is 9.48. The largest absolute Gasteiger partial charge is 0.396 e. The van der Waals surface area contributed by atoms with Gasteiger partial charge in [-0.2, -0.15) is 0 Å². The molecule has 2 unspecified atom stereocenters. The molecule has 0 bridgehead atoms. The van der Waals surface area contributed by atoms with Gasteiger partial charge in [-0.15, -0.1) is 0 Å². The summed E-state index contributed by atoms with van der Waals surface area (Å²) in [6.07, 6.45) is 1.11. The molecule has 1 N–H and O–H groups in total. The minimum absolute atomic E-state index is 0.190. The smallest absolute Gasteiger partial charge is 0.0468 e. The van der Waals surface area contributed by atoms with Crippen LogP contribution in [-0.2, 0) is 5.41 Å². The molecular formula is C15H16O. The summed E-state index contributed by atoms with van der Waals surface area (Å²) >= 11 is 0. The van der Waals surface area contributed by atoms with E-state index in [1.165, 1.54) is 16.3 Å². The molecule has 2 atom stereocenters. The monoisotopic (exact) mass is 212 g/mol. The highest BCUT2D eigenvalue weighted by atomic mass is 16.3. The van der Waals surface area contributed by atoms with Crippen LogP contribution in [0.15, 0.2) is 42.5 Å². The molecule has 1 aliphatic rings. The lowest BCUT2D eigenvalue weighted by atomic mass is 9.90.